The summed E-state index contributed by atoms with van der Waals surface area (Å²) in [6, 6.07) is 9.67. The van der Waals surface area contributed by atoms with E-state index in [-0.39, 0.29) is 0 Å². The van der Waals surface area contributed by atoms with Crippen molar-refractivity contribution < 1.29 is 9.90 Å². The van der Waals surface area contributed by atoms with Crippen molar-refractivity contribution in [2.75, 3.05) is 38.5 Å². The van der Waals surface area contributed by atoms with Crippen molar-refractivity contribution >= 4 is 35.3 Å². The summed E-state index contributed by atoms with van der Waals surface area (Å²) in [6.07, 6.45) is 2.59. The highest BCUT2D eigenvalue weighted by molar-refractivity contribution is 7.99. The highest BCUT2D eigenvalue weighted by atomic mass is 35.5. The Hall–Kier alpha value is -1.83. The van der Waals surface area contributed by atoms with Gasteiger partial charge in [0.1, 0.15) is 13.1 Å². The van der Waals surface area contributed by atoms with Crippen LogP contribution >= 0.6 is 23.4 Å². The molecule has 3 heterocycles. The zero-order valence-electron chi connectivity index (χ0n) is 13.7. The molecule has 0 atom stereocenters. The fourth-order valence-corrected chi connectivity index (χ4v) is 4.08. The number of halogens is 1. The first-order valence-corrected chi connectivity index (χ1v) is 9.45. The Balaban J connectivity index is 1.73. The van der Waals surface area contributed by atoms with Crippen molar-refractivity contribution in [1.29, 1.82) is 0 Å². The number of rotatable bonds is 5. The number of aromatic nitrogens is 2. The van der Waals surface area contributed by atoms with Gasteiger partial charge in [0.2, 0.25) is 5.82 Å². The SMILES string of the molecule is O=C(O)N1CC[N+](CCSc2ccccn2)(c2ccc(Cl)cn2)CC1. The number of hydrogen-bond acceptors (Lipinski definition) is 4. The maximum Gasteiger partial charge on any atom is 0.407 e. The van der Waals surface area contributed by atoms with Gasteiger partial charge < -0.3 is 5.11 Å². The molecule has 0 radical (unpaired) electrons. The number of carbonyl (C=O) groups is 1. The van der Waals surface area contributed by atoms with E-state index in [2.05, 4.69) is 9.97 Å². The normalized spacial score (nSPS) is 16.6. The molecule has 0 unspecified atom stereocenters. The average Bonchev–Trinajstić information content (AvgIpc) is 2.63. The van der Waals surface area contributed by atoms with E-state index in [1.807, 2.05) is 30.3 Å². The van der Waals surface area contributed by atoms with Crippen LogP contribution in [0.3, 0.4) is 0 Å². The molecule has 1 aliphatic heterocycles. The van der Waals surface area contributed by atoms with E-state index in [0.29, 0.717) is 35.7 Å². The van der Waals surface area contributed by atoms with Crippen LogP contribution in [-0.2, 0) is 0 Å². The topological polar surface area (TPSA) is 66.3 Å². The number of nitrogens with zero attached hydrogens (tertiary/aromatic N) is 4. The molecule has 8 heteroatoms. The smallest absolute Gasteiger partial charge is 0.407 e. The standard InChI is InChI=1S/C17H19ClN4O2S/c18-14-4-5-15(20-13-14)22(9-7-21(8-10-22)17(23)24)11-12-25-16-3-1-2-6-19-16/h1-6,13H,7-12H2/p+1. The van der Waals surface area contributed by atoms with Crippen molar-refractivity contribution in [2.45, 2.75) is 5.03 Å². The molecular weight excluding hydrogens is 360 g/mol. The van der Waals surface area contributed by atoms with Crippen LogP contribution in [0.1, 0.15) is 0 Å². The Kier molecular flexibility index (Phi) is 5.78. The first-order valence-electron chi connectivity index (χ1n) is 8.09. The number of quaternary nitrogens is 1. The van der Waals surface area contributed by atoms with E-state index >= 15 is 0 Å². The first-order chi connectivity index (χ1) is 12.1. The van der Waals surface area contributed by atoms with E-state index in [9.17, 15) is 9.90 Å². The minimum atomic E-state index is -0.857. The van der Waals surface area contributed by atoms with Crippen molar-refractivity contribution in [2.24, 2.45) is 0 Å². The molecule has 6 nitrogen and oxygen atoms in total. The molecule has 1 N–H and O–H groups in total. The lowest BCUT2D eigenvalue weighted by molar-refractivity contribution is 0.108. The van der Waals surface area contributed by atoms with Gasteiger partial charge in [0.15, 0.2) is 0 Å². The van der Waals surface area contributed by atoms with Gasteiger partial charge in [-0.3, -0.25) is 9.38 Å². The number of pyridine rings is 2. The van der Waals surface area contributed by atoms with Crippen LogP contribution in [0.5, 0.6) is 0 Å². The Bertz CT molecular complexity index is 706. The molecule has 0 spiro atoms. The molecule has 132 valence electrons. The van der Waals surface area contributed by atoms with Gasteiger partial charge in [-0.25, -0.2) is 14.8 Å². The Morgan fingerprint density at radius 2 is 2.04 bits per heavy atom. The van der Waals surface area contributed by atoms with Crippen LogP contribution < -0.4 is 4.48 Å². The Morgan fingerprint density at radius 3 is 2.64 bits per heavy atom. The van der Waals surface area contributed by atoms with Gasteiger partial charge in [-0.05, 0) is 18.2 Å². The van der Waals surface area contributed by atoms with Crippen LogP contribution in [0.4, 0.5) is 10.6 Å². The maximum absolute atomic E-state index is 11.2. The number of carboxylic acid groups (broad SMARTS) is 1. The quantitative estimate of drug-likeness (QED) is 0.638. The van der Waals surface area contributed by atoms with Crippen LogP contribution in [0, 0.1) is 0 Å². The Labute approximate surface area is 156 Å². The van der Waals surface area contributed by atoms with E-state index < -0.39 is 6.09 Å². The van der Waals surface area contributed by atoms with Gasteiger partial charge in [0, 0.05) is 18.0 Å². The molecule has 0 bridgehead atoms. The van der Waals surface area contributed by atoms with Gasteiger partial charge in [0.05, 0.1) is 35.9 Å². The van der Waals surface area contributed by atoms with Gasteiger partial charge in [-0.1, -0.05) is 17.7 Å². The molecule has 0 aliphatic carbocycles. The second-order valence-corrected chi connectivity index (χ2v) is 7.49. The summed E-state index contributed by atoms with van der Waals surface area (Å²) in [4.78, 5) is 21.5. The van der Waals surface area contributed by atoms with Gasteiger partial charge in [-0.2, -0.15) is 0 Å². The summed E-state index contributed by atoms with van der Waals surface area (Å²) < 4.78 is 0.667. The predicted molar refractivity (Wildman–Crippen MR) is 100 cm³/mol. The van der Waals surface area contributed by atoms with E-state index in [1.165, 1.54) is 4.90 Å². The van der Waals surface area contributed by atoms with Crippen molar-refractivity contribution in [3.63, 3.8) is 0 Å². The molecule has 2 aromatic rings. The molecule has 0 saturated carbocycles. The van der Waals surface area contributed by atoms with E-state index in [4.69, 9.17) is 11.6 Å². The fraction of sp³-hybridized carbons (Fsp3) is 0.353. The number of thioether (sulfide) groups is 1. The molecule has 1 amide bonds. The molecule has 1 fully saturated rings. The third-order valence-electron chi connectivity index (χ3n) is 4.47. The Morgan fingerprint density at radius 1 is 1.24 bits per heavy atom. The zero-order valence-corrected chi connectivity index (χ0v) is 15.3. The minimum absolute atomic E-state index is 0.508. The summed E-state index contributed by atoms with van der Waals surface area (Å²) in [5.41, 5.74) is 0. The lowest BCUT2D eigenvalue weighted by Gasteiger charge is -2.42. The number of hydrogen-bond donors (Lipinski definition) is 1. The second kappa shape index (κ2) is 8.03. The van der Waals surface area contributed by atoms with Crippen molar-refractivity contribution in [1.82, 2.24) is 19.4 Å². The number of amides is 1. The highest BCUT2D eigenvalue weighted by Gasteiger charge is 2.37. The molecule has 3 rings (SSSR count). The van der Waals surface area contributed by atoms with Crippen LogP contribution in [0.2, 0.25) is 5.02 Å². The van der Waals surface area contributed by atoms with Gasteiger partial charge in [0.25, 0.3) is 0 Å². The first kappa shape index (κ1) is 18.0. The monoisotopic (exact) mass is 379 g/mol. The van der Waals surface area contributed by atoms with E-state index in [0.717, 1.165) is 23.1 Å². The summed E-state index contributed by atoms with van der Waals surface area (Å²) in [7, 11) is 0. The lowest BCUT2D eigenvalue weighted by Crippen LogP contribution is -2.62. The predicted octanol–water partition coefficient (Wildman–Crippen LogP) is 3.22. The number of piperazine rings is 1. The third kappa shape index (κ3) is 4.42. The zero-order chi connectivity index (χ0) is 17.7. The van der Waals surface area contributed by atoms with Gasteiger partial charge >= 0.3 is 6.09 Å². The van der Waals surface area contributed by atoms with Crippen LogP contribution in [0.15, 0.2) is 47.8 Å². The van der Waals surface area contributed by atoms with Gasteiger partial charge in [-0.15, -0.1) is 11.8 Å². The average molecular weight is 380 g/mol. The highest BCUT2D eigenvalue weighted by Crippen LogP contribution is 2.26. The van der Waals surface area contributed by atoms with Crippen LogP contribution in [0.25, 0.3) is 0 Å². The molecule has 1 saturated heterocycles. The molecule has 25 heavy (non-hydrogen) atoms. The largest absolute Gasteiger partial charge is 0.465 e. The van der Waals surface area contributed by atoms with Crippen molar-refractivity contribution in [3.05, 3.63) is 47.7 Å². The molecule has 2 aromatic heterocycles. The molecule has 0 aromatic carbocycles. The second-order valence-electron chi connectivity index (χ2n) is 5.94. The summed E-state index contributed by atoms with van der Waals surface area (Å²) in [6.45, 7) is 3.30. The molecule has 1 aliphatic rings. The summed E-state index contributed by atoms with van der Waals surface area (Å²) in [5, 5.41) is 10.8. The lowest BCUT2D eigenvalue weighted by atomic mass is 10.2. The minimum Gasteiger partial charge on any atom is -0.465 e. The molecular formula is C17H20ClN4O2S+. The summed E-state index contributed by atoms with van der Waals surface area (Å²) >= 11 is 7.68. The summed E-state index contributed by atoms with van der Waals surface area (Å²) in [5.74, 6) is 1.82. The fourth-order valence-electron chi connectivity index (χ4n) is 3.01. The maximum atomic E-state index is 11.2. The third-order valence-corrected chi connectivity index (χ3v) is 5.62. The van der Waals surface area contributed by atoms with Crippen molar-refractivity contribution in [3.8, 4) is 0 Å². The van der Waals surface area contributed by atoms with E-state index in [1.54, 1.807) is 24.2 Å². The van der Waals surface area contributed by atoms with Crippen LogP contribution in [-0.4, -0.2) is 64.5 Å².